The summed E-state index contributed by atoms with van der Waals surface area (Å²) >= 11 is 3.46. The van der Waals surface area contributed by atoms with Gasteiger partial charge < -0.3 is 4.90 Å². The van der Waals surface area contributed by atoms with Gasteiger partial charge >= 0.3 is 0 Å². The predicted molar refractivity (Wildman–Crippen MR) is 105 cm³/mol. The molecule has 2 aliphatic rings. The largest absolute Gasteiger partial charge is 0.342 e. The Morgan fingerprint density at radius 1 is 1.12 bits per heavy atom. The van der Waals surface area contributed by atoms with Gasteiger partial charge in [0.05, 0.1) is 5.25 Å². The van der Waals surface area contributed by atoms with Crippen LogP contribution in [0.2, 0.25) is 0 Å². The van der Waals surface area contributed by atoms with E-state index in [2.05, 4.69) is 4.98 Å². The summed E-state index contributed by atoms with van der Waals surface area (Å²) in [6.07, 6.45) is 8.34. The molecule has 0 spiro atoms. The van der Waals surface area contributed by atoms with Gasteiger partial charge in [0.2, 0.25) is 5.91 Å². The molecule has 3 heterocycles. The second-order valence-corrected chi connectivity index (χ2v) is 9.53. The first-order chi connectivity index (χ1) is 12.1. The van der Waals surface area contributed by atoms with Crippen molar-refractivity contribution >= 4 is 39.2 Å². The standard InChI is InChI=1S/C19H25N3OS2/c1-12(19(23)22-10-6-3-7-11-22)24-17-16-14-8-4-5-9-15(14)25-18(16)21-13(2)20-17/h12H,3-11H2,1-2H3/t12-/m1/s1. The molecule has 6 heteroatoms. The van der Waals surface area contributed by atoms with Crippen LogP contribution in [0.4, 0.5) is 0 Å². The minimum atomic E-state index is -0.0882. The number of thioether (sulfide) groups is 1. The Kier molecular flexibility index (Phi) is 5.00. The highest BCUT2D eigenvalue weighted by Crippen LogP contribution is 2.40. The zero-order chi connectivity index (χ0) is 17.4. The van der Waals surface area contributed by atoms with Crippen molar-refractivity contribution in [2.24, 2.45) is 0 Å². The molecule has 1 aliphatic heterocycles. The monoisotopic (exact) mass is 375 g/mol. The molecule has 4 rings (SSSR count). The van der Waals surface area contributed by atoms with Crippen LogP contribution in [0.15, 0.2) is 5.03 Å². The Hall–Kier alpha value is -1.14. The number of carbonyl (C=O) groups is 1. The van der Waals surface area contributed by atoms with Crippen LogP contribution in [0.5, 0.6) is 0 Å². The fourth-order valence-electron chi connectivity index (χ4n) is 3.90. The van der Waals surface area contributed by atoms with Crippen LogP contribution in [0.1, 0.15) is 55.3 Å². The lowest BCUT2D eigenvalue weighted by Gasteiger charge is -2.29. The lowest BCUT2D eigenvalue weighted by molar-refractivity contribution is -0.131. The zero-order valence-electron chi connectivity index (χ0n) is 15.0. The maximum absolute atomic E-state index is 12.8. The fourth-order valence-corrected chi connectivity index (χ4v) is 6.38. The summed E-state index contributed by atoms with van der Waals surface area (Å²) in [7, 11) is 0. The van der Waals surface area contributed by atoms with E-state index in [1.165, 1.54) is 41.5 Å². The molecule has 0 radical (unpaired) electrons. The Morgan fingerprint density at radius 2 is 1.88 bits per heavy atom. The lowest BCUT2D eigenvalue weighted by atomic mass is 9.97. The van der Waals surface area contributed by atoms with Crippen LogP contribution in [-0.4, -0.2) is 39.1 Å². The fraction of sp³-hybridized carbons (Fsp3) is 0.632. The second kappa shape index (κ2) is 7.23. The molecule has 0 unspecified atom stereocenters. The van der Waals surface area contributed by atoms with Gasteiger partial charge in [0.1, 0.15) is 15.7 Å². The number of hydrogen-bond donors (Lipinski definition) is 0. The number of amides is 1. The maximum Gasteiger partial charge on any atom is 0.235 e. The van der Waals surface area contributed by atoms with Crippen LogP contribution in [0.25, 0.3) is 10.2 Å². The number of nitrogens with zero attached hydrogens (tertiary/aromatic N) is 3. The van der Waals surface area contributed by atoms with Gasteiger partial charge in [-0.25, -0.2) is 9.97 Å². The highest BCUT2D eigenvalue weighted by Gasteiger charge is 2.26. The molecule has 0 saturated carbocycles. The number of carbonyl (C=O) groups excluding carboxylic acids is 1. The maximum atomic E-state index is 12.8. The van der Waals surface area contributed by atoms with Gasteiger partial charge in [-0.05, 0) is 64.4 Å². The van der Waals surface area contributed by atoms with Crippen LogP contribution < -0.4 is 0 Å². The van der Waals surface area contributed by atoms with Gasteiger partial charge in [-0.1, -0.05) is 11.8 Å². The average Bonchev–Trinajstić information content (AvgIpc) is 2.99. The third kappa shape index (κ3) is 3.43. The summed E-state index contributed by atoms with van der Waals surface area (Å²) in [5, 5.41) is 2.16. The van der Waals surface area contributed by atoms with Crippen molar-refractivity contribution in [1.29, 1.82) is 0 Å². The first kappa shape index (κ1) is 17.3. The normalized spacial score (nSPS) is 19.0. The highest BCUT2D eigenvalue weighted by molar-refractivity contribution is 8.00. The number of piperidine rings is 1. The Labute approximate surface area is 157 Å². The molecular weight excluding hydrogens is 350 g/mol. The SMILES string of the molecule is Cc1nc(S[C@H](C)C(=O)N2CCCCC2)c2c3c(sc2n1)CCCC3. The lowest BCUT2D eigenvalue weighted by Crippen LogP contribution is -2.40. The number of likely N-dealkylation sites (tertiary alicyclic amines) is 1. The molecular formula is C19H25N3OS2. The van der Waals surface area contributed by atoms with Crippen molar-refractivity contribution in [1.82, 2.24) is 14.9 Å². The van der Waals surface area contributed by atoms with E-state index in [-0.39, 0.29) is 11.2 Å². The van der Waals surface area contributed by atoms with E-state index in [0.29, 0.717) is 0 Å². The second-order valence-electron chi connectivity index (χ2n) is 7.11. The summed E-state index contributed by atoms with van der Waals surface area (Å²) in [6, 6.07) is 0. The van der Waals surface area contributed by atoms with Crippen molar-refractivity contribution in [2.75, 3.05) is 13.1 Å². The predicted octanol–water partition coefficient (Wildman–Crippen LogP) is 4.37. The molecule has 2 aromatic rings. The quantitative estimate of drug-likeness (QED) is 0.590. The van der Waals surface area contributed by atoms with Crippen LogP contribution in [0.3, 0.4) is 0 Å². The number of thiophene rings is 1. The molecule has 0 N–H and O–H groups in total. The molecule has 1 saturated heterocycles. The van der Waals surface area contributed by atoms with E-state index in [4.69, 9.17) is 4.98 Å². The van der Waals surface area contributed by atoms with Crippen molar-refractivity contribution in [2.45, 2.75) is 69.1 Å². The van der Waals surface area contributed by atoms with Gasteiger partial charge in [0.15, 0.2) is 0 Å². The minimum absolute atomic E-state index is 0.0882. The molecule has 134 valence electrons. The number of fused-ring (bicyclic) bond motifs is 3. The van der Waals surface area contributed by atoms with Gasteiger partial charge in [-0.3, -0.25) is 4.79 Å². The molecule has 0 bridgehead atoms. The Bertz CT molecular complexity index is 796. The average molecular weight is 376 g/mol. The van der Waals surface area contributed by atoms with Crippen LogP contribution >= 0.6 is 23.1 Å². The smallest absolute Gasteiger partial charge is 0.235 e. The van der Waals surface area contributed by atoms with E-state index in [1.54, 1.807) is 11.8 Å². The molecule has 0 aromatic carbocycles. The van der Waals surface area contributed by atoms with Crippen molar-refractivity contribution in [3.63, 3.8) is 0 Å². The van der Waals surface area contributed by atoms with Crippen molar-refractivity contribution in [3.8, 4) is 0 Å². The summed E-state index contributed by atoms with van der Waals surface area (Å²) in [4.78, 5) is 26.9. The van der Waals surface area contributed by atoms with Crippen LogP contribution in [0, 0.1) is 6.92 Å². The Morgan fingerprint density at radius 3 is 2.68 bits per heavy atom. The number of rotatable bonds is 3. The van der Waals surface area contributed by atoms with E-state index in [9.17, 15) is 4.79 Å². The molecule has 1 aliphatic carbocycles. The van der Waals surface area contributed by atoms with Gasteiger partial charge in [-0.2, -0.15) is 0 Å². The minimum Gasteiger partial charge on any atom is -0.342 e. The molecule has 1 atom stereocenters. The molecule has 1 fully saturated rings. The third-order valence-corrected chi connectivity index (χ3v) is 7.46. The van der Waals surface area contributed by atoms with E-state index in [1.807, 2.05) is 30.1 Å². The number of aryl methyl sites for hydroxylation is 3. The molecule has 1 amide bonds. The van der Waals surface area contributed by atoms with Crippen molar-refractivity contribution < 1.29 is 4.79 Å². The van der Waals surface area contributed by atoms with Crippen molar-refractivity contribution in [3.05, 3.63) is 16.3 Å². The number of aromatic nitrogens is 2. The first-order valence-electron chi connectivity index (χ1n) is 9.38. The highest BCUT2D eigenvalue weighted by atomic mass is 32.2. The van der Waals surface area contributed by atoms with Gasteiger partial charge in [-0.15, -0.1) is 11.3 Å². The zero-order valence-corrected chi connectivity index (χ0v) is 16.6. The molecule has 2 aromatic heterocycles. The summed E-state index contributed by atoms with van der Waals surface area (Å²) in [5.74, 6) is 1.07. The van der Waals surface area contributed by atoms with E-state index in [0.717, 1.165) is 48.0 Å². The van der Waals surface area contributed by atoms with Gasteiger partial charge in [0.25, 0.3) is 0 Å². The summed E-state index contributed by atoms with van der Waals surface area (Å²) < 4.78 is 0. The van der Waals surface area contributed by atoms with E-state index < -0.39 is 0 Å². The third-order valence-electron chi connectivity index (χ3n) is 5.20. The van der Waals surface area contributed by atoms with Gasteiger partial charge in [0, 0.05) is 23.4 Å². The van der Waals surface area contributed by atoms with Crippen LogP contribution in [-0.2, 0) is 17.6 Å². The number of hydrogen-bond acceptors (Lipinski definition) is 5. The van der Waals surface area contributed by atoms with E-state index >= 15 is 0 Å². The molecule has 4 nitrogen and oxygen atoms in total. The molecule has 25 heavy (non-hydrogen) atoms. The summed E-state index contributed by atoms with van der Waals surface area (Å²) in [5.41, 5.74) is 1.45. The summed E-state index contributed by atoms with van der Waals surface area (Å²) in [6.45, 7) is 5.81. The topological polar surface area (TPSA) is 46.1 Å². The first-order valence-corrected chi connectivity index (χ1v) is 11.1. The Balaban J connectivity index is 1.64.